The molecule has 0 saturated heterocycles. The number of aliphatic hydroxyl groups excluding tert-OH is 1. The number of aromatic nitrogens is 1. The quantitative estimate of drug-likeness (QED) is 0.912. The van der Waals surface area contributed by atoms with E-state index in [4.69, 9.17) is 15.1 Å². The minimum Gasteiger partial charge on any atom is -0.489 e. The summed E-state index contributed by atoms with van der Waals surface area (Å²) >= 11 is 0. The number of benzene rings is 1. The number of pyridine rings is 1. The van der Waals surface area contributed by atoms with Crippen molar-refractivity contribution in [3.05, 3.63) is 59.2 Å². The van der Waals surface area contributed by atoms with E-state index in [1.807, 2.05) is 6.07 Å². The maximum atomic E-state index is 13.2. The van der Waals surface area contributed by atoms with Crippen LogP contribution >= 0.6 is 0 Å². The molecule has 0 aliphatic heterocycles. The predicted molar refractivity (Wildman–Crippen MR) is 65.6 cm³/mol. The first kappa shape index (κ1) is 13.0. The highest BCUT2D eigenvalue weighted by Crippen LogP contribution is 2.18. The Hall–Kier alpha value is -2.45. The van der Waals surface area contributed by atoms with Crippen LogP contribution in [0.2, 0.25) is 0 Å². The predicted octanol–water partition coefficient (Wildman–Crippen LogP) is 2.16. The molecule has 5 heteroatoms. The molecule has 1 aromatic carbocycles. The standard InChI is InChI=1S/C14H11FN2O2/c15-12-4-10(8-18)5-13(6-12)19-9-11-2-1-3-17-14(11)7-16/h1-6,18H,8-9H2. The van der Waals surface area contributed by atoms with E-state index in [1.54, 1.807) is 18.2 Å². The molecule has 0 spiro atoms. The first-order chi connectivity index (χ1) is 9.22. The summed E-state index contributed by atoms with van der Waals surface area (Å²) in [5.74, 6) is -0.176. The second-order valence-electron chi connectivity index (χ2n) is 3.86. The summed E-state index contributed by atoms with van der Waals surface area (Å²) in [5, 5.41) is 17.9. The topological polar surface area (TPSA) is 66.1 Å². The van der Waals surface area contributed by atoms with E-state index in [9.17, 15) is 4.39 Å². The number of hydrogen-bond donors (Lipinski definition) is 1. The van der Waals surface area contributed by atoms with Crippen LogP contribution in [0.5, 0.6) is 5.75 Å². The average Bonchev–Trinajstić information content (AvgIpc) is 2.44. The Balaban J connectivity index is 2.15. The van der Waals surface area contributed by atoms with Gasteiger partial charge in [-0.2, -0.15) is 5.26 Å². The van der Waals surface area contributed by atoms with Crippen molar-refractivity contribution in [2.75, 3.05) is 0 Å². The smallest absolute Gasteiger partial charge is 0.147 e. The highest BCUT2D eigenvalue weighted by atomic mass is 19.1. The maximum Gasteiger partial charge on any atom is 0.147 e. The van der Waals surface area contributed by atoms with Gasteiger partial charge in [-0.05, 0) is 23.8 Å². The van der Waals surface area contributed by atoms with Crippen molar-refractivity contribution in [1.82, 2.24) is 4.98 Å². The summed E-state index contributed by atoms with van der Waals surface area (Å²) in [4.78, 5) is 3.91. The van der Waals surface area contributed by atoms with Crippen LogP contribution in [0.4, 0.5) is 4.39 Å². The first-order valence-corrected chi connectivity index (χ1v) is 5.60. The molecule has 1 heterocycles. The maximum absolute atomic E-state index is 13.2. The highest BCUT2D eigenvalue weighted by molar-refractivity contribution is 5.32. The molecule has 0 atom stereocenters. The third-order valence-electron chi connectivity index (χ3n) is 2.51. The molecule has 0 amide bonds. The van der Waals surface area contributed by atoms with Gasteiger partial charge in [-0.3, -0.25) is 0 Å². The number of hydrogen-bond acceptors (Lipinski definition) is 4. The number of rotatable bonds is 4. The molecular formula is C14H11FN2O2. The van der Waals surface area contributed by atoms with Gasteiger partial charge in [0.25, 0.3) is 0 Å². The van der Waals surface area contributed by atoms with E-state index in [1.165, 1.54) is 18.3 Å². The number of halogens is 1. The van der Waals surface area contributed by atoms with Crippen LogP contribution in [0.15, 0.2) is 36.5 Å². The molecular weight excluding hydrogens is 247 g/mol. The van der Waals surface area contributed by atoms with E-state index in [0.717, 1.165) is 0 Å². The zero-order valence-corrected chi connectivity index (χ0v) is 10.0. The molecule has 0 radical (unpaired) electrons. The zero-order valence-electron chi connectivity index (χ0n) is 10.0. The summed E-state index contributed by atoms with van der Waals surface area (Å²) in [7, 11) is 0. The van der Waals surface area contributed by atoms with Crippen molar-refractivity contribution in [2.45, 2.75) is 13.2 Å². The molecule has 0 unspecified atom stereocenters. The van der Waals surface area contributed by atoms with Crippen LogP contribution < -0.4 is 4.74 Å². The molecule has 2 aromatic rings. The Morgan fingerprint density at radius 1 is 1.37 bits per heavy atom. The molecule has 96 valence electrons. The molecule has 0 bridgehead atoms. The SMILES string of the molecule is N#Cc1ncccc1COc1cc(F)cc(CO)c1. The van der Waals surface area contributed by atoms with Gasteiger partial charge in [-0.1, -0.05) is 6.07 Å². The third-order valence-corrected chi connectivity index (χ3v) is 2.51. The Bertz CT molecular complexity index is 623. The lowest BCUT2D eigenvalue weighted by Gasteiger charge is -2.08. The average molecular weight is 258 g/mol. The molecule has 1 N–H and O–H groups in total. The summed E-state index contributed by atoms with van der Waals surface area (Å²) in [6.45, 7) is -0.143. The second-order valence-corrected chi connectivity index (χ2v) is 3.86. The van der Waals surface area contributed by atoms with Gasteiger partial charge in [0.1, 0.15) is 29.9 Å². The van der Waals surface area contributed by atoms with Crippen molar-refractivity contribution >= 4 is 0 Å². The first-order valence-electron chi connectivity index (χ1n) is 5.60. The van der Waals surface area contributed by atoms with Crippen LogP contribution in [0.1, 0.15) is 16.8 Å². The highest BCUT2D eigenvalue weighted by Gasteiger charge is 2.05. The molecule has 0 aliphatic carbocycles. The van der Waals surface area contributed by atoms with Gasteiger partial charge in [0.05, 0.1) is 6.61 Å². The van der Waals surface area contributed by atoms with Crippen LogP contribution in [-0.4, -0.2) is 10.1 Å². The van der Waals surface area contributed by atoms with Gasteiger partial charge in [0.15, 0.2) is 0 Å². The van der Waals surface area contributed by atoms with Crippen molar-refractivity contribution < 1.29 is 14.2 Å². The number of nitrogens with zero attached hydrogens (tertiary/aromatic N) is 2. The summed E-state index contributed by atoms with van der Waals surface area (Å²) in [5.41, 5.74) is 1.34. The number of aliphatic hydroxyl groups is 1. The van der Waals surface area contributed by atoms with Crippen molar-refractivity contribution in [3.63, 3.8) is 0 Å². The van der Waals surface area contributed by atoms with E-state index in [2.05, 4.69) is 4.98 Å². The fraction of sp³-hybridized carbons (Fsp3) is 0.143. The third kappa shape index (κ3) is 3.27. The lowest BCUT2D eigenvalue weighted by atomic mass is 10.2. The fourth-order valence-corrected chi connectivity index (χ4v) is 1.61. The Labute approximate surface area is 109 Å². The number of nitriles is 1. The fourth-order valence-electron chi connectivity index (χ4n) is 1.61. The largest absolute Gasteiger partial charge is 0.489 e. The molecule has 2 rings (SSSR count). The molecule has 0 aliphatic rings. The van der Waals surface area contributed by atoms with Gasteiger partial charge in [0.2, 0.25) is 0 Å². The van der Waals surface area contributed by atoms with E-state index in [-0.39, 0.29) is 18.9 Å². The minimum atomic E-state index is -0.478. The van der Waals surface area contributed by atoms with Crippen LogP contribution in [0.25, 0.3) is 0 Å². The molecule has 0 saturated carbocycles. The molecule has 4 nitrogen and oxygen atoms in total. The van der Waals surface area contributed by atoms with Crippen LogP contribution in [0.3, 0.4) is 0 Å². The Kier molecular flexibility index (Phi) is 4.06. The summed E-state index contributed by atoms with van der Waals surface area (Å²) in [6.07, 6.45) is 1.52. The van der Waals surface area contributed by atoms with Gasteiger partial charge in [-0.25, -0.2) is 9.37 Å². The van der Waals surface area contributed by atoms with Gasteiger partial charge < -0.3 is 9.84 Å². The lowest BCUT2D eigenvalue weighted by molar-refractivity contribution is 0.276. The van der Waals surface area contributed by atoms with Crippen molar-refractivity contribution in [1.29, 1.82) is 5.26 Å². The van der Waals surface area contributed by atoms with E-state index >= 15 is 0 Å². The minimum absolute atomic E-state index is 0.116. The Morgan fingerprint density at radius 3 is 2.95 bits per heavy atom. The lowest BCUT2D eigenvalue weighted by Crippen LogP contribution is -2.00. The normalized spacial score (nSPS) is 9.95. The van der Waals surface area contributed by atoms with Gasteiger partial charge in [0, 0.05) is 17.8 Å². The molecule has 0 fully saturated rings. The van der Waals surface area contributed by atoms with Crippen LogP contribution in [0, 0.1) is 17.1 Å². The van der Waals surface area contributed by atoms with E-state index < -0.39 is 5.82 Å². The summed E-state index contributed by atoms with van der Waals surface area (Å²) < 4.78 is 18.6. The van der Waals surface area contributed by atoms with E-state index in [0.29, 0.717) is 16.9 Å². The molecule has 19 heavy (non-hydrogen) atoms. The van der Waals surface area contributed by atoms with Gasteiger partial charge in [-0.15, -0.1) is 0 Å². The summed E-state index contributed by atoms with van der Waals surface area (Å²) in [6, 6.07) is 9.38. The van der Waals surface area contributed by atoms with Crippen molar-refractivity contribution in [3.8, 4) is 11.8 Å². The number of ether oxygens (including phenoxy) is 1. The monoisotopic (exact) mass is 258 g/mol. The molecule has 1 aromatic heterocycles. The zero-order chi connectivity index (χ0) is 13.7. The van der Waals surface area contributed by atoms with Crippen LogP contribution in [-0.2, 0) is 13.2 Å². The Morgan fingerprint density at radius 2 is 2.21 bits per heavy atom. The van der Waals surface area contributed by atoms with Crippen molar-refractivity contribution in [2.24, 2.45) is 0 Å². The second kappa shape index (κ2) is 5.94. The van der Waals surface area contributed by atoms with Gasteiger partial charge >= 0.3 is 0 Å².